The van der Waals surface area contributed by atoms with Gasteiger partial charge >= 0.3 is 12.1 Å². The first kappa shape index (κ1) is 32.4. The third-order valence-corrected chi connectivity index (χ3v) is 7.32. The van der Waals surface area contributed by atoms with Crippen LogP contribution in [0.2, 0.25) is 0 Å². The van der Waals surface area contributed by atoms with Gasteiger partial charge in [0, 0.05) is 57.1 Å². The number of aliphatic hydroxyl groups excluding tert-OH is 1. The van der Waals surface area contributed by atoms with E-state index in [-0.39, 0.29) is 82.7 Å². The van der Waals surface area contributed by atoms with E-state index in [4.69, 9.17) is 14.2 Å². The zero-order valence-corrected chi connectivity index (χ0v) is 24.5. The largest absolute Gasteiger partial charge is 0.483 e. The molecule has 1 unspecified atom stereocenters. The number of ether oxygens (including phenoxy) is 3. The molecule has 3 N–H and O–H groups in total. The quantitative estimate of drug-likeness (QED) is 0.311. The molecule has 15 nitrogen and oxygen atoms in total. The average molecular weight is 616 g/mol. The monoisotopic (exact) mass is 615 g/mol. The molecule has 44 heavy (non-hydrogen) atoms. The minimum absolute atomic E-state index is 0.0851. The SMILES string of the molecule is CCOC(=O)N1CCN(C(=O)C(CCC(=O)O)NC(=O)c2cc(OCC(=O)N3CCO[C@H](CO)C3)c3ccccc3n2)CC1. The maximum absolute atomic E-state index is 13.4. The molecule has 4 rings (SSSR count). The van der Waals surface area contributed by atoms with Crippen LogP contribution in [0.5, 0.6) is 5.75 Å². The molecular weight excluding hydrogens is 578 g/mol. The lowest BCUT2D eigenvalue weighted by molar-refractivity contribution is -0.142. The van der Waals surface area contributed by atoms with Crippen molar-refractivity contribution in [3.05, 3.63) is 36.0 Å². The van der Waals surface area contributed by atoms with Crippen molar-refractivity contribution in [3.8, 4) is 5.75 Å². The van der Waals surface area contributed by atoms with E-state index >= 15 is 0 Å². The van der Waals surface area contributed by atoms with Gasteiger partial charge in [0.25, 0.3) is 11.8 Å². The van der Waals surface area contributed by atoms with Gasteiger partial charge in [-0.2, -0.15) is 0 Å². The van der Waals surface area contributed by atoms with Gasteiger partial charge in [0.05, 0.1) is 31.4 Å². The van der Waals surface area contributed by atoms with Gasteiger partial charge in [-0.15, -0.1) is 0 Å². The molecule has 238 valence electrons. The molecule has 1 aromatic carbocycles. The normalized spacial score (nSPS) is 17.6. The van der Waals surface area contributed by atoms with Crippen LogP contribution in [0.25, 0.3) is 10.9 Å². The van der Waals surface area contributed by atoms with Gasteiger partial charge in [-0.05, 0) is 25.5 Å². The van der Waals surface area contributed by atoms with Crippen molar-refractivity contribution >= 4 is 40.7 Å². The van der Waals surface area contributed by atoms with E-state index in [0.29, 0.717) is 24.1 Å². The minimum Gasteiger partial charge on any atom is -0.483 e. The highest BCUT2D eigenvalue weighted by atomic mass is 16.6. The Hall–Kier alpha value is -4.50. The number of nitrogens with zero attached hydrogens (tertiary/aromatic N) is 4. The number of piperazine rings is 1. The van der Waals surface area contributed by atoms with Gasteiger partial charge in [0.1, 0.15) is 17.5 Å². The summed E-state index contributed by atoms with van der Waals surface area (Å²) in [5.41, 5.74) is 0.330. The van der Waals surface area contributed by atoms with Gasteiger partial charge in [0.2, 0.25) is 5.91 Å². The number of carboxylic acid groups (broad SMARTS) is 1. The fraction of sp³-hybridized carbons (Fsp3) is 0.517. The van der Waals surface area contributed by atoms with Crippen LogP contribution in [0, 0.1) is 0 Å². The Morgan fingerprint density at radius 1 is 1.07 bits per heavy atom. The zero-order valence-electron chi connectivity index (χ0n) is 24.5. The maximum Gasteiger partial charge on any atom is 0.409 e. The predicted molar refractivity (Wildman–Crippen MR) is 154 cm³/mol. The van der Waals surface area contributed by atoms with Crippen LogP contribution in [0.3, 0.4) is 0 Å². The predicted octanol–water partition coefficient (Wildman–Crippen LogP) is 0.0972. The number of aliphatic carboxylic acids is 1. The first-order chi connectivity index (χ1) is 21.2. The van der Waals surface area contributed by atoms with Crippen molar-refractivity contribution in [2.24, 2.45) is 0 Å². The second kappa shape index (κ2) is 15.3. The summed E-state index contributed by atoms with van der Waals surface area (Å²) in [6, 6.07) is 7.10. The number of carbonyl (C=O) groups is 5. The number of hydrogen-bond acceptors (Lipinski definition) is 10. The standard InChI is InChI=1S/C29H37N5O10/c1-2-42-29(41)33-11-9-32(10-12-33)28(40)22(7-8-26(37)38)31-27(39)23-15-24(20-5-3-4-6-21(20)30-23)44-18-25(36)34-13-14-43-19(16-34)17-35/h3-6,15,19,22,35H,2,7-14,16-18H2,1H3,(H,31,39)(H,37,38)/t19-,22?/m0/s1. The highest BCUT2D eigenvalue weighted by Gasteiger charge is 2.31. The number of carboxylic acids is 1. The molecule has 0 saturated carbocycles. The number of amides is 4. The van der Waals surface area contributed by atoms with E-state index in [1.54, 1.807) is 31.2 Å². The van der Waals surface area contributed by atoms with Crippen molar-refractivity contribution < 1.29 is 48.4 Å². The molecule has 15 heteroatoms. The summed E-state index contributed by atoms with van der Waals surface area (Å²) in [5.74, 6) is -2.41. The Morgan fingerprint density at radius 3 is 2.50 bits per heavy atom. The molecule has 2 atom stereocenters. The zero-order chi connectivity index (χ0) is 31.6. The summed E-state index contributed by atoms with van der Waals surface area (Å²) in [4.78, 5) is 71.9. The molecule has 2 aromatic rings. The van der Waals surface area contributed by atoms with Crippen molar-refractivity contribution in [2.75, 3.05) is 65.7 Å². The number of nitrogens with one attached hydrogen (secondary N) is 1. The molecule has 0 spiro atoms. The van der Waals surface area contributed by atoms with Gasteiger partial charge < -0.3 is 44.4 Å². The molecule has 2 fully saturated rings. The lowest BCUT2D eigenvalue weighted by Crippen LogP contribution is -2.56. The topological polar surface area (TPSA) is 188 Å². The summed E-state index contributed by atoms with van der Waals surface area (Å²) >= 11 is 0. The molecule has 0 bridgehead atoms. The van der Waals surface area contributed by atoms with E-state index in [1.807, 2.05) is 0 Å². The van der Waals surface area contributed by atoms with Crippen LogP contribution in [0.1, 0.15) is 30.3 Å². The lowest BCUT2D eigenvalue weighted by Gasteiger charge is -2.35. The van der Waals surface area contributed by atoms with Crippen molar-refractivity contribution in [1.29, 1.82) is 0 Å². The molecule has 0 radical (unpaired) electrons. The number of hydrogen-bond donors (Lipinski definition) is 3. The minimum atomic E-state index is -1.16. The summed E-state index contributed by atoms with van der Waals surface area (Å²) in [7, 11) is 0. The van der Waals surface area contributed by atoms with Crippen LogP contribution in [-0.4, -0.2) is 138 Å². The summed E-state index contributed by atoms with van der Waals surface area (Å²) in [6.07, 6.45) is -1.46. The Kier molecular flexibility index (Phi) is 11.3. The molecular formula is C29H37N5O10. The number of benzene rings is 1. The maximum atomic E-state index is 13.4. The van der Waals surface area contributed by atoms with Crippen molar-refractivity contribution in [3.63, 3.8) is 0 Å². The Bertz CT molecular complexity index is 1360. The highest BCUT2D eigenvalue weighted by Crippen LogP contribution is 2.26. The molecule has 2 aliphatic heterocycles. The van der Waals surface area contributed by atoms with E-state index < -0.39 is 36.0 Å². The highest BCUT2D eigenvalue weighted by molar-refractivity contribution is 5.99. The third-order valence-electron chi connectivity index (χ3n) is 7.32. The number of rotatable bonds is 11. The van der Waals surface area contributed by atoms with Gasteiger partial charge in [-0.3, -0.25) is 19.2 Å². The molecule has 0 aliphatic carbocycles. The molecule has 4 amide bonds. The summed E-state index contributed by atoms with van der Waals surface area (Å²) < 4.78 is 16.3. The number of fused-ring (bicyclic) bond motifs is 1. The molecule has 2 aliphatic rings. The fourth-order valence-electron chi connectivity index (χ4n) is 4.97. The number of pyridine rings is 1. The third kappa shape index (κ3) is 8.32. The van der Waals surface area contributed by atoms with Gasteiger partial charge in [-0.25, -0.2) is 9.78 Å². The number of morpholine rings is 1. The lowest BCUT2D eigenvalue weighted by atomic mass is 10.1. The van der Waals surface area contributed by atoms with Crippen molar-refractivity contribution in [1.82, 2.24) is 25.0 Å². The summed E-state index contributed by atoms with van der Waals surface area (Å²) in [5, 5.41) is 21.8. The second-order valence-corrected chi connectivity index (χ2v) is 10.3. The van der Waals surface area contributed by atoms with E-state index in [0.717, 1.165) is 0 Å². The number of aliphatic hydroxyl groups is 1. The van der Waals surface area contributed by atoms with Crippen LogP contribution in [-0.2, 0) is 23.9 Å². The van der Waals surface area contributed by atoms with E-state index in [1.165, 1.54) is 20.8 Å². The van der Waals surface area contributed by atoms with Crippen LogP contribution >= 0.6 is 0 Å². The molecule has 2 saturated heterocycles. The number of para-hydroxylation sites is 1. The van der Waals surface area contributed by atoms with E-state index in [2.05, 4.69) is 10.3 Å². The van der Waals surface area contributed by atoms with Crippen LogP contribution in [0.15, 0.2) is 30.3 Å². The molecule has 3 heterocycles. The van der Waals surface area contributed by atoms with Gasteiger partial charge in [-0.1, -0.05) is 12.1 Å². The van der Waals surface area contributed by atoms with Crippen LogP contribution < -0.4 is 10.1 Å². The first-order valence-electron chi connectivity index (χ1n) is 14.5. The second-order valence-electron chi connectivity index (χ2n) is 10.3. The number of carbonyl (C=O) groups excluding carboxylic acids is 4. The van der Waals surface area contributed by atoms with Gasteiger partial charge in [0.15, 0.2) is 6.61 Å². The smallest absolute Gasteiger partial charge is 0.409 e. The fourth-order valence-corrected chi connectivity index (χ4v) is 4.97. The average Bonchev–Trinajstić information content (AvgIpc) is 3.04. The first-order valence-corrected chi connectivity index (χ1v) is 14.5. The van der Waals surface area contributed by atoms with E-state index in [9.17, 15) is 34.2 Å². The number of aromatic nitrogens is 1. The summed E-state index contributed by atoms with van der Waals surface area (Å²) in [6.45, 7) is 3.13. The molecule has 1 aromatic heterocycles. The van der Waals surface area contributed by atoms with Crippen molar-refractivity contribution in [2.45, 2.75) is 31.9 Å². The Morgan fingerprint density at radius 2 is 1.80 bits per heavy atom. The van der Waals surface area contributed by atoms with Crippen LogP contribution in [0.4, 0.5) is 4.79 Å². The Balaban J connectivity index is 1.47. The Labute approximate surface area is 253 Å².